The van der Waals surface area contributed by atoms with Crippen LogP contribution in [0.3, 0.4) is 0 Å². The molecule has 0 fully saturated rings. The number of pyridine rings is 1. The second kappa shape index (κ2) is 3.66. The largest absolute Gasteiger partial charge is 0.397 e. The number of hydrogen-bond acceptors (Lipinski definition) is 4. The number of benzene rings is 1. The number of nitrogens with zero attached hydrogens (tertiary/aromatic N) is 2. The molecule has 0 spiro atoms. The number of aromatic nitrogens is 1. The van der Waals surface area contributed by atoms with Crippen molar-refractivity contribution in [3.8, 4) is 0 Å². The van der Waals surface area contributed by atoms with E-state index >= 15 is 0 Å². The molecule has 2 N–H and O–H groups in total. The molecule has 0 radical (unpaired) electrons. The van der Waals surface area contributed by atoms with Gasteiger partial charge in [-0.25, -0.2) is 4.90 Å². The Morgan fingerprint density at radius 1 is 1.00 bits per heavy atom. The van der Waals surface area contributed by atoms with Crippen molar-refractivity contribution in [2.75, 3.05) is 10.6 Å². The fourth-order valence-electron chi connectivity index (χ4n) is 1.98. The van der Waals surface area contributed by atoms with Gasteiger partial charge in [-0.1, -0.05) is 12.1 Å². The summed E-state index contributed by atoms with van der Waals surface area (Å²) in [4.78, 5) is 29.3. The number of carbonyl (C=O) groups excluding carboxylic acids is 2. The molecule has 1 aliphatic heterocycles. The number of amides is 2. The third-order valence-electron chi connectivity index (χ3n) is 2.82. The summed E-state index contributed by atoms with van der Waals surface area (Å²) in [6.07, 6.45) is 1.49. The number of anilines is 2. The molecule has 2 aromatic rings. The Kier molecular flexibility index (Phi) is 2.13. The summed E-state index contributed by atoms with van der Waals surface area (Å²) >= 11 is 0. The Morgan fingerprint density at radius 3 is 2.50 bits per heavy atom. The van der Waals surface area contributed by atoms with E-state index in [2.05, 4.69) is 4.98 Å². The van der Waals surface area contributed by atoms with Crippen LogP contribution in [0.2, 0.25) is 0 Å². The smallest absolute Gasteiger partial charge is 0.284 e. The predicted molar refractivity (Wildman–Crippen MR) is 66.2 cm³/mol. The minimum Gasteiger partial charge on any atom is -0.397 e. The zero-order valence-electron chi connectivity index (χ0n) is 9.33. The van der Waals surface area contributed by atoms with E-state index in [1.54, 1.807) is 36.4 Å². The van der Waals surface area contributed by atoms with Gasteiger partial charge in [0.1, 0.15) is 5.69 Å². The number of carbonyl (C=O) groups is 2. The van der Waals surface area contributed by atoms with Gasteiger partial charge in [0.15, 0.2) is 0 Å². The van der Waals surface area contributed by atoms with Crippen LogP contribution in [0.15, 0.2) is 42.6 Å². The van der Waals surface area contributed by atoms with Gasteiger partial charge in [-0.05, 0) is 24.3 Å². The monoisotopic (exact) mass is 239 g/mol. The van der Waals surface area contributed by atoms with Gasteiger partial charge in [-0.3, -0.25) is 14.6 Å². The maximum Gasteiger partial charge on any atom is 0.284 e. The van der Waals surface area contributed by atoms with Crippen molar-refractivity contribution < 1.29 is 9.59 Å². The molecule has 0 aliphatic carbocycles. The van der Waals surface area contributed by atoms with E-state index in [4.69, 9.17) is 5.73 Å². The Balaban J connectivity index is 2.16. The predicted octanol–water partition coefficient (Wildman–Crippen LogP) is 1.46. The summed E-state index contributed by atoms with van der Waals surface area (Å²) in [7, 11) is 0. The first-order valence-corrected chi connectivity index (χ1v) is 5.38. The van der Waals surface area contributed by atoms with Crippen LogP contribution in [0.25, 0.3) is 0 Å². The summed E-state index contributed by atoms with van der Waals surface area (Å²) in [5.74, 6) is -0.825. The average molecular weight is 239 g/mol. The lowest BCUT2D eigenvalue weighted by atomic mass is 10.2. The summed E-state index contributed by atoms with van der Waals surface area (Å²) in [6, 6.07) is 9.96. The topological polar surface area (TPSA) is 76.3 Å². The number of hydrogen-bond donors (Lipinski definition) is 1. The van der Waals surface area contributed by atoms with E-state index in [9.17, 15) is 9.59 Å². The molecule has 2 amide bonds. The van der Waals surface area contributed by atoms with Crippen LogP contribution in [0, 0.1) is 0 Å². The van der Waals surface area contributed by atoms with E-state index in [1.807, 2.05) is 0 Å². The van der Waals surface area contributed by atoms with Gasteiger partial charge in [0.25, 0.3) is 11.8 Å². The van der Waals surface area contributed by atoms with Crippen molar-refractivity contribution in [1.29, 1.82) is 0 Å². The van der Waals surface area contributed by atoms with Gasteiger partial charge < -0.3 is 5.73 Å². The first-order chi connectivity index (χ1) is 8.70. The Labute approximate surface area is 103 Å². The third-order valence-corrected chi connectivity index (χ3v) is 2.82. The fraction of sp³-hybridized carbons (Fsp3) is 0. The molecular formula is C13H9N3O2. The zero-order chi connectivity index (χ0) is 12.7. The number of fused-ring (bicyclic) bond motifs is 1. The number of imide groups is 1. The van der Waals surface area contributed by atoms with E-state index < -0.39 is 5.91 Å². The van der Waals surface area contributed by atoms with Gasteiger partial charge in [0.2, 0.25) is 0 Å². The van der Waals surface area contributed by atoms with Crippen molar-refractivity contribution in [3.63, 3.8) is 0 Å². The van der Waals surface area contributed by atoms with E-state index in [1.165, 1.54) is 6.20 Å². The number of nitrogens with two attached hydrogens (primary N) is 1. The second-order valence-electron chi connectivity index (χ2n) is 3.90. The molecule has 18 heavy (non-hydrogen) atoms. The molecular weight excluding hydrogens is 230 g/mol. The molecule has 0 unspecified atom stereocenters. The van der Waals surface area contributed by atoms with Crippen LogP contribution in [0.5, 0.6) is 0 Å². The lowest BCUT2D eigenvalue weighted by Crippen LogP contribution is -2.30. The highest BCUT2D eigenvalue weighted by Gasteiger charge is 2.38. The molecule has 1 aromatic heterocycles. The molecule has 0 bridgehead atoms. The molecule has 5 nitrogen and oxygen atoms in total. The lowest BCUT2D eigenvalue weighted by molar-refractivity contribution is 0.0925. The van der Waals surface area contributed by atoms with Gasteiger partial charge in [-0.2, -0.15) is 0 Å². The second-order valence-corrected chi connectivity index (χ2v) is 3.90. The molecule has 1 aromatic carbocycles. The van der Waals surface area contributed by atoms with Crippen LogP contribution in [-0.4, -0.2) is 16.8 Å². The maximum atomic E-state index is 12.2. The first-order valence-electron chi connectivity index (χ1n) is 5.38. The molecule has 0 saturated carbocycles. The fourth-order valence-corrected chi connectivity index (χ4v) is 1.98. The molecule has 0 atom stereocenters. The highest BCUT2D eigenvalue weighted by atomic mass is 16.2. The first kappa shape index (κ1) is 10.5. The van der Waals surface area contributed by atoms with Gasteiger partial charge in [0, 0.05) is 6.20 Å². The van der Waals surface area contributed by atoms with Crippen molar-refractivity contribution in [2.24, 2.45) is 0 Å². The van der Waals surface area contributed by atoms with Crippen molar-refractivity contribution in [2.45, 2.75) is 0 Å². The van der Waals surface area contributed by atoms with Crippen LogP contribution >= 0.6 is 0 Å². The molecule has 1 aliphatic rings. The van der Waals surface area contributed by atoms with Crippen LogP contribution in [-0.2, 0) is 0 Å². The molecule has 5 heteroatoms. The molecule has 0 saturated heterocycles. The average Bonchev–Trinajstić information content (AvgIpc) is 2.64. The SMILES string of the molecule is Nc1ccccc1N1C(=O)c2cccnc2C1=O. The highest BCUT2D eigenvalue weighted by Crippen LogP contribution is 2.30. The number of nitrogen functional groups attached to an aromatic ring is 1. The van der Waals surface area contributed by atoms with E-state index in [-0.39, 0.29) is 11.6 Å². The quantitative estimate of drug-likeness (QED) is 0.603. The van der Waals surface area contributed by atoms with Gasteiger partial charge in [-0.15, -0.1) is 0 Å². The van der Waals surface area contributed by atoms with Crippen LogP contribution < -0.4 is 10.6 Å². The molecule has 2 heterocycles. The minimum atomic E-state index is -0.437. The van der Waals surface area contributed by atoms with Crippen molar-refractivity contribution in [1.82, 2.24) is 4.98 Å². The normalized spacial score (nSPS) is 13.9. The standard InChI is InChI=1S/C13H9N3O2/c14-9-5-1-2-6-10(9)16-12(17)8-4-3-7-15-11(8)13(16)18/h1-7H,14H2. The highest BCUT2D eigenvalue weighted by molar-refractivity contribution is 6.34. The summed E-state index contributed by atoms with van der Waals surface area (Å²) in [5, 5.41) is 0. The third kappa shape index (κ3) is 1.31. The Hall–Kier alpha value is -2.69. The number of para-hydroxylation sites is 2. The van der Waals surface area contributed by atoms with Gasteiger partial charge in [0.05, 0.1) is 16.9 Å². The summed E-state index contributed by atoms with van der Waals surface area (Å²) in [5.41, 5.74) is 7.05. The zero-order valence-corrected chi connectivity index (χ0v) is 9.33. The van der Waals surface area contributed by atoms with Crippen LogP contribution in [0.4, 0.5) is 11.4 Å². The number of rotatable bonds is 1. The minimum absolute atomic E-state index is 0.172. The Bertz CT molecular complexity index is 632. The van der Waals surface area contributed by atoms with Crippen molar-refractivity contribution in [3.05, 3.63) is 53.9 Å². The molecule has 3 rings (SSSR count). The van der Waals surface area contributed by atoms with Gasteiger partial charge >= 0.3 is 0 Å². The van der Waals surface area contributed by atoms with E-state index in [0.717, 1.165) is 4.90 Å². The summed E-state index contributed by atoms with van der Waals surface area (Å²) < 4.78 is 0. The summed E-state index contributed by atoms with van der Waals surface area (Å²) in [6.45, 7) is 0. The molecule has 88 valence electrons. The lowest BCUT2D eigenvalue weighted by Gasteiger charge is -2.15. The Morgan fingerprint density at radius 2 is 1.78 bits per heavy atom. The van der Waals surface area contributed by atoms with Crippen LogP contribution in [0.1, 0.15) is 20.8 Å². The van der Waals surface area contributed by atoms with E-state index in [0.29, 0.717) is 16.9 Å². The van der Waals surface area contributed by atoms with Crippen molar-refractivity contribution >= 4 is 23.2 Å². The maximum absolute atomic E-state index is 12.2.